The Morgan fingerprint density at radius 1 is 1.08 bits per heavy atom. The lowest BCUT2D eigenvalue weighted by atomic mass is 10.1. The van der Waals surface area contributed by atoms with Crippen molar-refractivity contribution in [2.24, 2.45) is 7.05 Å². The summed E-state index contributed by atoms with van der Waals surface area (Å²) in [6.45, 7) is 1.76. The average Bonchev–Trinajstić information content (AvgIpc) is 2.85. The molecule has 9 heteroatoms. The number of ether oxygens (including phenoxy) is 2. The Hall–Kier alpha value is -2.68. The fraction of sp³-hybridized carbons (Fsp3) is 0.250. The van der Waals surface area contributed by atoms with E-state index in [0.29, 0.717) is 15.9 Å². The van der Waals surface area contributed by atoms with Crippen molar-refractivity contribution in [2.45, 2.75) is 6.92 Å². The molecule has 0 atom stereocenters. The van der Waals surface area contributed by atoms with Crippen molar-refractivity contribution >= 4 is 39.5 Å². The summed E-state index contributed by atoms with van der Waals surface area (Å²) < 4.78 is 11.3. The fourth-order valence-corrected chi connectivity index (χ4v) is 2.76. The molecule has 0 bridgehead atoms. The first-order chi connectivity index (χ1) is 11.8. The SMILES string of the molecule is COC(=O)c1cc(NC(=O)c2c(Br)c(C)nn2C)cc(C(=O)OC)c1. The number of hydrogen-bond donors (Lipinski definition) is 1. The zero-order chi connectivity index (χ0) is 18.7. The number of anilines is 1. The van der Waals surface area contributed by atoms with Crippen LogP contribution in [0, 0.1) is 6.92 Å². The largest absolute Gasteiger partial charge is 0.465 e. The van der Waals surface area contributed by atoms with Gasteiger partial charge in [0.2, 0.25) is 0 Å². The van der Waals surface area contributed by atoms with Crippen LogP contribution < -0.4 is 5.32 Å². The van der Waals surface area contributed by atoms with Crippen LogP contribution in [0.25, 0.3) is 0 Å². The number of halogens is 1. The molecular weight excluding hydrogens is 394 g/mol. The van der Waals surface area contributed by atoms with Gasteiger partial charge in [0, 0.05) is 12.7 Å². The molecule has 1 aromatic heterocycles. The van der Waals surface area contributed by atoms with E-state index in [0.717, 1.165) is 0 Å². The van der Waals surface area contributed by atoms with Gasteiger partial charge in [-0.1, -0.05) is 0 Å². The number of amides is 1. The van der Waals surface area contributed by atoms with Crippen molar-refractivity contribution in [1.82, 2.24) is 9.78 Å². The van der Waals surface area contributed by atoms with Crippen LogP contribution in [0.1, 0.15) is 36.9 Å². The number of carbonyl (C=O) groups excluding carboxylic acids is 3. The molecule has 1 amide bonds. The van der Waals surface area contributed by atoms with Crippen molar-refractivity contribution in [3.05, 3.63) is 45.2 Å². The van der Waals surface area contributed by atoms with E-state index in [1.807, 2.05) is 0 Å². The monoisotopic (exact) mass is 409 g/mol. The normalized spacial score (nSPS) is 10.3. The quantitative estimate of drug-likeness (QED) is 0.777. The molecule has 0 aliphatic heterocycles. The lowest BCUT2D eigenvalue weighted by molar-refractivity contribution is 0.0599. The lowest BCUT2D eigenvalue weighted by Crippen LogP contribution is -2.18. The minimum atomic E-state index is -0.640. The van der Waals surface area contributed by atoms with Crippen LogP contribution in [-0.2, 0) is 16.5 Å². The molecule has 0 saturated carbocycles. The number of benzene rings is 1. The first-order valence-corrected chi connectivity index (χ1v) is 7.90. The van der Waals surface area contributed by atoms with Crippen LogP contribution >= 0.6 is 15.9 Å². The van der Waals surface area contributed by atoms with Gasteiger partial charge >= 0.3 is 11.9 Å². The first kappa shape index (κ1) is 18.7. The van der Waals surface area contributed by atoms with Gasteiger partial charge in [-0.3, -0.25) is 9.48 Å². The Bertz CT molecular complexity index is 825. The molecule has 0 fully saturated rings. The van der Waals surface area contributed by atoms with E-state index in [1.165, 1.54) is 37.1 Å². The number of nitrogens with one attached hydrogen (secondary N) is 1. The van der Waals surface area contributed by atoms with Crippen LogP contribution in [0.5, 0.6) is 0 Å². The number of hydrogen-bond acceptors (Lipinski definition) is 6. The lowest BCUT2D eigenvalue weighted by Gasteiger charge is -2.10. The second-order valence-corrected chi connectivity index (χ2v) is 5.90. The Morgan fingerprint density at radius 2 is 1.60 bits per heavy atom. The summed E-state index contributed by atoms with van der Waals surface area (Å²) in [5, 5.41) is 6.80. The predicted molar refractivity (Wildman–Crippen MR) is 92.7 cm³/mol. The van der Waals surface area contributed by atoms with Crippen molar-refractivity contribution < 1.29 is 23.9 Å². The maximum atomic E-state index is 12.5. The number of esters is 2. The molecule has 1 N–H and O–H groups in total. The minimum absolute atomic E-state index is 0.112. The summed E-state index contributed by atoms with van der Waals surface area (Å²) in [7, 11) is 4.08. The number of aromatic nitrogens is 2. The molecule has 25 heavy (non-hydrogen) atoms. The van der Waals surface area contributed by atoms with Crippen molar-refractivity contribution in [1.29, 1.82) is 0 Å². The predicted octanol–water partition coefficient (Wildman–Crippen LogP) is 2.32. The van der Waals surface area contributed by atoms with Crippen molar-refractivity contribution in [3.8, 4) is 0 Å². The third kappa shape index (κ3) is 3.87. The van der Waals surface area contributed by atoms with Gasteiger partial charge in [0.1, 0.15) is 5.69 Å². The standard InChI is InChI=1S/C16H16BrN3O5/c1-8-12(17)13(20(2)19-8)14(21)18-11-6-9(15(22)24-3)5-10(7-11)16(23)25-4/h5-7H,1-4H3,(H,18,21). The van der Waals surface area contributed by atoms with Gasteiger partial charge in [-0.15, -0.1) is 0 Å². The number of rotatable bonds is 4. The van der Waals surface area contributed by atoms with Crippen LogP contribution in [0.4, 0.5) is 5.69 Å². The Kier molecular flexibility index (Phi) is 5.58. The van der Waals surface area contributed by atoms with Gasteiger partial charge in [0.05, 0.1) is 35.5 Å². The first-order valence-electron chi connectivity index (χ1n) is 7.10. The van der Waals surface area contributed by atoms with Crippen LogP contribution in [-0.4, -0.2) is 41.8 Å². The number of nitrogens with zero attached hydrogens (tertiary/aromatic N) is 2. The third-order valence-electron chi connectivity index (χ3n) is 3.40. The van der Waals surface area contributed by atoms with Gasteiger partial charge in [0.15, 0.2) is 0 Å². The van der Waals surface area contributed by atoms with E-state index in [-0.39, 0.29) is 16.8 Å². The smallest absolute Gasteiger partial charge is 0.337 e. The second kappa shape index (κ2) is 7.47. The van der Waals surface area contributed by atoms with Crippen molar-refractivity contribution in [2.75, 3.05) is 19.5 Å². The molecule has 0 radical (unpaired) electrons. The highest BCUT2D eigenvalue weighted by Crippen LogP contribution is 2.23. The Morgan fingerprint density at radius 3 is 2.00 bits per heavy atom. The van der Waals surface area contributed by atoms with E-state index in [1.54, 1.807) is 14.0 Å². The van der Waals surface area contributed by atoms with Gasteiger partial charge < -0.3 is 14.8 Å². The highest BCUT2D eigenvalue weighted by Gasteiger charge is 2.20. The molecule has 1 heterocycles. The van der Waals surface area contributed by atoms with E-state index < -0.39 is 17.8 Å². The van der Waals surface area contributed by atoms with Gasteiger partial charge in [-0.25, -0.2) is 9.59 Å². The Labute approximate surface area is 152 Å². The summed E-state index contributed by atoms with van der Waals surface area (Å²) in [4.78, 5) is 36.1. The summed E-state index contributed by atoms with van der Waals surface area (Å²) in [6.07, 6.45) is 0. The van der Waals surface area contributed by atoms with E-state index in [4.69, 9.17) is 0 Å². The van der Waals surface area contributed by atoms with Gasteiger partial charge in [0.25, 0.3) is 5.91 Å². The third-order valence-corrected chi connectivity index (χ3v) is 4.35. The molecule has 132 valence electrons. The summed E-state index contributed by atoms with van der Waals surface area (Å²) >= 11 is 3.32. The molecule has 2 rings (SSSR count). The maximum Gasteiger partial charge on any atom is 0.337 e. The molecule has 0 aliphatic rings. The second-order valence-electron chi connectivity index (χ2n) is 5.11. The Balaban J connectivity index is 2.42. The molecule has 0 spiro atoms. The fourth-order valence-electron chi connectivity index (χ4n) is 2.24. The van der Waals surface area contributed by atoms with Crippen LogP contribution in [0.3, 0.4) is 0 Å². The van der Waals surface area contributed by atoms with E-state index >= 15 is 0 Å². The molecule has 0 aliphatic carbocycles. The van der Waals surface area contributed by atoms with Crippen LogP contribution in [0.15, 0.2) is 22.7 Å². The van der Waals surface area contributed by atoms with Crippen molar-refractivity contribution in [3.63, 3.8) is 0 Å². The molecule has 0 unspecified atom stereocenters. The average molecular weight is 410 g/mol. The van der Waals surface area contributed by atoms with Crippen LogP contribution in [0.2, 0.25) is 0 Å². The van der Waals surface area contributed by atoms with E-state index in [2.05, 4.69) is 35.8 Å². The number of methoxy groups -OCH3 is 2. The highest BCUT2D eigenvalue weighted by molar-refractivity contribution is 9.10. The van der Waals surface area contributed by atoms with Gasteiger partial charge in [-0.05, 0) is 41.1 Å². The molecular formula is C16H16BrN3O5. The molecule has 1 aromatic carbocycles. The van der Waals surface area contributed by atoms with E-state index in [9.17, 15) is 14.4 Å². The maximum absolute atomic E-state index is 12.5. The summed E-state index contributed by atoms with van der Waals surface area (Å²) in [5.74, 6) is -1.73. The zero-order valence-electron chi connectivity index (χ0n) is 14.0. The molecule has 0 saturated heterocycles. The topological polar surface area (TPSA) is 99.5 Å². The number of aryl methyl sites for hydroxylation is 2. The minimum Gasteiger partial charge on any atom is -0.465 e. The molecule has 2 aromatic rings. The zero-order valence-corrected chi connectivity index (χ0v) is 15.6. The summed E-state index contributed by atoms with van der Waals surface area (Å²) in [5.41, 5.74) is 1.44. The van der Waals surface area contributed by atoms with Gasteiger partial charge in [-0.2, -0.15) is 5.10 Å². The highest BCUT2D eigenvalue weighted by atomic mass is 79.9. The molecule has 8 nitrogen and oxygen atoms in total. The number of carbonyl (C=O) groups is 3. The summed E-state index contributed by atoms with van der Waals surface area (Å²) in [6, 6.07) is 4.15.